The van der Waals surface area contributed by atoms with Crippen molar-refractivity contribution in [3.63, 3.8) is 0 Å². The first kappa shape index (κ1) is 22.6. The van der Waals surface area contributed by atoms with E-state index in [1.165, 1.54) is 28.8 Å². The molecule has 0 saturated carbocycles. The molecule has 1 atom stereocenters. The van der Waals surface area contributed by atoms with Gasteiger partial charge in [0.15, 0.2) is 10.6 Å². The molecule has 1 saturated heterocycles. The van der Waals surface area contributed by atoms with Gasteiger partial charge in [-0.05, 0) is 43.2 Å². The van der Waals surface area contributed by atoms with Crippen LogP contribution in [0.1, 0.15) is 12.8 Å². The van der Waals surface area contributed by atoms with Gasteiger partial charge in [0.2, 0.25) is 10.0 Å². The van der Waals surface area contributed by atoms with E-state index < -0.39 is 33.6 Å². The van der Waals surface area contributed by atoms with Crippen molar-refractivity contribution >= 4 is 49.1 Å². The van der Waals surface area contributed by atoms with Crippen LogP contribution < -0.4 is 4.80 Å². The van der Waals surface area contributed by atoms with Crippen molar-refractivity contribution < 1.29 is 22.0 Å². The third-order valence-electron chi connectivity index (χ3n) is 5.06. The Morgan fingerprint density at radius 3 is 2.69 bits per heavy atom. The van der Waals surface area contributed by atoms with E-state index in [4.69, 9.17) is 18.0 Å². The Labute approximate surface area is 191 Å². The molecule has 0 N–H and O–H groups in total. The molecule has 1 amide bonds. The number of sulfonamides is 1. The van der Waals surface area contributed by atoms with E-state index in [2.05, 4.69) is 10.9 Å². The third kappa shape index (κ3) is 4.09. The van der Waals surface area contributed by atoms with Crippen molar-refractivity contribution in [2.45, 2.75) is 30.3 Å². The van der Waals surface area contributed by atoms with E-state index >= 15 is 0 Å². The summed E-state index contributed by atoms with van der Waals surface area (Å²) in [7, 11) is -3.95. The number of aromatic nitrogens is 1. The summed E-state index contributed by atoms with van der Waals surface area (Å²) in [4.78, 5) is 17.2. The molecule has 0 bridgehead atoms. The number of benzene rings is 2. The number of thiazole rings is 1. The molecule has 11 heteroatoms. The highest BCUT2D eigenvalue weighted by Gasteiger charge is 2.39. The lowest BCUT2D eigenvalue weighted by Crippen LogP contribution is -2.40. The van der Waals surface area contributed by atoms with Gasteiger partial charge in [-0.1, -0.05) is 28.9 Å². The first-order chi connectivity index (χ1) is 15.2. The van der Waals surface area contributed by atoms with Crippen molar-refractivity contribution in [2.75, 3.05) is 6.54 Å². The fourth-order valence-corrected chi connectivity index (χ4v) is 6.49. The normalized spacial score (nSPS) is 17.7. The van der Waals surface area contributed by atoms with Gasteiger partial charge in [-0.3, -0.25) is 4.79 Å². The third-order valence-corrected chi connectivity index (χ3v) is 8.26. The van der Waals surface area contributed by atoms with Crippen molar-refractivity contribution in [1.29, 1.82) is 0 Å². The fourth-order valence-electron chi connectivity index (χ4n) is 3.64. The van der Waals surface area contributed by atoms with E-state index in [1.54, 1.807) is 0 Å². The van der Waals surface area contributed by atoms with Gasteiger partial charge in [-0.15, -0.1) is 6.42 Å². The quantitative estimate of drug-likeness (QED) is 0.520. The summed E-state index contributed by atoms with van der Waals surface area (Å²) < 4.78 is 56.8. The molecule has 1 fully saturated rings. The van der Waals surface area contributed by atoms with Crippen LogP contribution >= 0.6 is 22.9 Å². The summed E-state index contributed by atoms with van der Waals surface area (Å²) in [5, 5.41) is 0.388. The zero-order valence-electron chi connectivity index (χ0n) is 16.5. The number of nitrogens with zero attached hydrogens (tertiary/aromatic N) is 3. The van der Waals surface area contributed by atoms with Crippen LogP contribution in [0.3, 0.4) is 0 Å². The van der Waals surface area contributed by atoms with Crippen LogP contribution in [0.25, 0.3) is 10.2 Å². The predicted octanol–water partition coefficient (Wildman–Crippen LogP) is 3.55. The Morgan fingerprint density at radius 2 is 2.00 bits per heavy atom. The standard InChI is InChI=1S/C21H16ClF2N3O3S2/c1-2-9-26-19-16(24)11-14(23)12-18(19)31-21(26)25-20(28)17-4-3-10-27(17)32(29,30)15-7-5-13(22)6-8-15/h1,5-8,11-12,17H,3-4,9-10H2. The number of carbonyl (C=O) groups excluding carboxylic acids is 1. The lowest BCUT2D eigenvalue weighted by Gasteiger charge is -2.21. The number of carbonyl (C=O) groups is 1. The van der Waals surface area contributed by atoms with Crippen LogP contribution in [-0.2, 0) is 21.4 Å². The number of halogens is 3. The Morgan fingerprint density at radius 1 is 1.28 bits per heavy atom. The largest absolute Gasteiger partial charge is 0.302 e. The van der Waals surface area contributed by atoms with Gasteiger partial charge >= 0.3 is 0 Å². The topological polar surface area (TPSA) is 71.7 Å². The van der Waals surface area contributed by atoms with Gasteiger partial charge < -0.3 is 4.57 Å². The number of terminal acetylenes is 1. The minimum Gasteiger partial charge on any atom is -0.302 e. The lowest BCUT2D eigenvalue weighted by molar-refractivity contribution is -0.121. The first-order valence-electron chi connectivity index (χ1n) is 9.50. The molecule has 2 heterocycles. The van der Waals surface area contributed by atoms with Crippen LogP contribution in [0.5, 0.6) is 0 Å². The summed E-state index contributed by atoms with van der Waals surface area (Å²) in [5.74, 6) is 0.0796. The Kier molecular flexibility index (Phi) is 6.18. The molecule has 166 valence electrons. The zero-order valence-corrected chi connectivity index (χ0v) is 18.9. The molecule has 1 unspecified atom stereocenters. The van der Waals surface area contributed by atoms with Crippen molar-refractivity contribution in [1.82, 2.24) is 8.87 Å². The average molecular weight is 496 g/mol. The smallest absolute Gasteiger partial charge is 0.266 e. The van der Waals surface area contributed by atoms with E-state index in [-0.39, 0.29) is 39.4 Å². The van der Waals surface area contributed by atoms with Crippen molar-refractivity contribution in [3.8, 4) is 12.3 Å². The number of amides is 1. The molecule has 1 aromatic heterocycles. The fraction of sp³-hybridized carbons (Fsp3) is 0.238. The number of fused-ring (bicyclic) bond motifs is 1. The van der Waals surface area contributed by atoms with Gasteiger partial charge in [-0.2, -0.15) is 9.30 Å². The van der Waals surface area contributed by atoms with Crippen LogP contribution in [0.15, 0.2) is 46.3 Å². The minimum absolute atomic E-state index is 0.0170. The monoisotopic (exact) mass is 495 g/mol. The molecular formula is C21H16ClF2N3O3S2. The molecule has 1 aliphatic rings. The van der Waals surface area contributed by atoms with Crippen LogP contribution in [-0.4, -0.2) is 35.8 Å². The second-order valence-corrected chi connectivity index (χ2v) is 10.4. The molecule has 0 aliphatic carbocycles. The van der Waals surface area contributed by atoms with Gasteiger partial charge in [-0.25, -0.2) is 17.2 Å². The van der Waals surface area contributed by atoms with Crippen molar-refractivity contribution in [2.24, 2.45) is 4.99 Å². The molecule has 3 aromatic rings. The summed E-state index contributed by atoms with van der Waals surface area (Å²) in [6.45, 7) is 0.0691. The molecule has 0 radical (unpaired) electrons. The summed E-state index contributed by atoms with van der Waals surface area (Å²) in [5.41, 5.74) is 0.0398. The number of hydrogen-bond donors (Lipinski definition) is 0. The number of hydrogen-bond acceptors (Lipinski definition) is 4. The number of rotatable bonds is 4. The van der Waals surface area contributed by atoms with E-state index in [1.807, 2.05) is 0 Å². The van der Waals surface area contributed by atoms with Crippen LogP contribution in [0, 0.1) is 24.0 Å². The molecule has 32 heavy (non-hydrogen) atoms. The molecule has 2 aromatic carbocycles. The Bertz CT molecular complexity index is 1420. The maximum atomic E-state index is 14.4. The SMILES string of the molecule is C#CCn1c(=NC(=O)C2CCCN2S(=O)(=O)c2ccc(Cl)cc2)sc2cc(F)cc(F)c21. The average Bonchev–Trinajstić information content (AvgIpc) is 3.35. The second kappa shape index (κ2) is 8.75. The highest BCUT2D eigenvalue weighted by atomic mass is 35.5. The van der Waals surface area contributed by atoms with Crippen LogP contribution in [0.2, 0.25) is 5.02 Å². The van der Waals surface area contributed by atoms with Crippen molar-refractivity contribution in [3.05, 3.63) is 57.9 Å². The van der Waals surface area contributed by atoms with Crippen LogP contribution in [0.4, 0.5) is 8.78 Å². The van der Waals surface area contributed by atoms with Gasteiger partial charge in [0, 0.05) is 17.6 Å². The highest BCUT2D eigenvalue weighted by molar-refractivity contribution is 7.89. The predicted molar refractivity (Wildman–Crippen MR) is 117 cm³/mol. The summed E-state index contributed by atoms with van der Waals surface area (Å²) >= 11 is 6.75. The van der Waals surface area contributed by atoms with Gasteiger partial charge in [0.05, 0.1) is 21.7 Å². The zero-order chi connectivity index (χ0) is 23.0. The molecule has 4 rings (SSSR count). The molecule has 0 spiro atoms. The maximum absolute atomic E-state index is 14.4. The molecule has 6 nitrogen and oxygen atoms in total. The Hall–Kier alpha value is -2.58. The summed E-state index contributed by atoms with van der Waals surface area (Å²) in [6.07, 6.45) is 6.15. The van der Waals surface area contributed by atoms with E-state index in [0.717, 1.165) is 27.8 Å². The van der Waals surface area contributed by atoms with Gasteiger partial charge in [0.1, 0.15) is 11.9 Å². The summed E-state index contributed by atoms with van der Waals surface area (Å²) in [6, 6.07) is 6.51. The first-order valence-corrected chi connectivity index (χ1v) is 12.1. The second-order valence-electron chi connectivity index (χ2n) is 7.09. The van der Waals surface area contributed by atoms with E-state index in [0.29, 0.717) is 11.4 Å². The molecule has 1 aliphatic heterocycles. The molecular weight excluding hydrogens is 480 g/mol. The maximum Gasteiger partial charge on any atom is 0.266 e. The highest BCUT2D eigenvalue weighted by Crippen LogP contribution is 2.28. The van der Waals surface area contributed by atoms with E-state index in [9.17, 15) is 22.0 Å². The Balaban J connectivity index is 1.75. The minimum atomic E-state index is -3.95. The van der Waals surface area contributed by atoms with Gasteiger partial charge in [0.25, 0.3) is 5.91 Å². The lowest BCUT2D eigenvalue weighted by atomic mass is 10.2.